The van der Waals surface area contributed by atoms with Crippen molar-refractivity contribution in [3.63, 3.8) is 0 Å². The van der Waals surface area contributed by atoms with Gasteiger partial charge in [-0.15, -0.1) is 10.2 Å². The molecule has 0 spiro atoms. The zero-order valence-electron chi connectivity index (χ0n) is 9.38. The molecule has 88 valence electrons. The summed E-state index contributed by atoms with van der Waals surface area (Å²) in [6, 6.07) is 3.09. The molecule has 0 fully saturated rings. The molecule has 0 aromatic carbocycles. The van der Waals surface area contributed by atoms with E-state index in [1.165, 1.54) is 6.07 Å². The van der Waals surface area contributed by atoms with Crippen molar-refractivity contribution in [1.82, 2.24) is 10.2 Å². The van der Waals surface area contributed by atoms with E-state index in [-0.39, 0.29) is 5.69 Å². The molecule has 1 heterocycles. The van der Waals surface area contributed by atoms with Crippen LogP contribution >= 0.6 is 0 Å². The van der Waals surface area contributed by atoms with Gasteiger partial charge in [-0.3, -0.25) is 0 Å². The van der Waals surface area contributed by atoms with Crippen molar-refractivity contribution >= 4 is 11.8 Å². The van der Waals surface area contributed by atoms with Crippen molar-refractivity contribution < 1.29 is 14.6 Å². The molecule has 0 aliphatic carbocycles. The molecule has 0 saturated carbocycles. The van der Waals surface area contributed by atoms with Crippen LogP contribution in [-0.2, 0) is 4.74 Å². The lowest BCUT2D eigenvalue weighted by Gasteiger charge is -2.20. The summed E-state index contributed by atoms with van der Waals surface area (Å²) in [7, 11) is 1.63. The number of carbonyl (C=O) groups is 1. The lowest BCUT2D eigenvalue weighted by molar-refractivity contribution is 0.0689. The van der Waals surface area contributed by atoms with Crippen molar-refractivity contribution in [2.24, 2.45) is 0 Å². The highest BCUT2D eigenvalue weighted by Gasteiger charge is 2.09. The number of ether oxygens (including phenoxy) is 1. The molecule has 16 heavy (non-hydrogen) atoms. The van der Waals surface area contributed by atoms with Gasteiger partial charge in [0, 0.05) is 20.2 Å². The molecule has 0 unspecified atom stereocenters. The zero-order chi connectivity index (χ0) is 12.0. The second-order valence-electron chi connectivity index (χ2n) is 3.15. The van der Waals surface area contributed by atoms with Gasteiger partial charge in [0.05, 0.1) is 6.61 Å². The van der Waals surface area contributed by atoms with Crippen LogP contribution in [0.15, 0.2) is 12.1 Å². The van der Waals surface area contributed by atoms with E-state index in [9.17, 15) is 4.79 Å². The van der Waals surface area contributed by atoms with E-state index in [1.54, 1.807) is 13.2 Å². The average molecular weight is 225 g/mol. The molecular weight excluding hydrogens is 210 g/mol. The summed E-state index contributed by atoms with van der Waals surface area (Å²) in [5.74, 6) is -0.413. The van der Waals surface area contributed by atoms with Crippen LogP contribution in [-0.4, -0.2) is 48.1 Å². The zero-order valence-corrected chi connectivity index (χ0v) is 9.38. The number of anilines is 1. The first-order valence-corrected chi connectivity index (χ1v) is 5.00. The molecule has 1 rings (SSSR count). The molecular formula is C10H15N3O3. The highest BCUT2D eigenvalue weighted by Crippen LogP contribution is 2.08. The Bertz CT molecular complexity index is 340. The number of methoxy groups -OCH3 is 1. The number of carboxylic acid groups (broad SMARTS) is 1. The summed E-state index contributed by atoms with van der Waals surface area (Å²) in [6.07, 6.45) is 0. The fourth-order valence-electron chi connectivity index (χ4n) is 1.24. The number of aromatic carboxylic acids is 1. The first kappa shape index (κ1) is 12.4. The smallest absolute Gasteiger partial charge is 0.356 e. The van der Waals surface area contributed by atoms with Gasteiger partial charge in [0.15, 0.2) is 11.5 Å². The normalized spacial score (nSPS) is 10.1. The Labute approximate surface area is 93.9 Å². The van der Waals surface area contributed by atoms with Crippen molar-refractivity contribution in [2.75, 3.05) is 31.7 Å². The Morgan fingerprint density at radius 2 is 2.25 bits per heavy atom. The van der Waals surface area contributed by atoms with Crippen molar-refractivity contribution in [3.05, 3.63) is 17.8 Å². The van der Waals surface area contributed by atoms with Crippen molar-refractivity contribution in [3.8, 4) is 0 Å². The molecule has 0 atom stereocenters. The van der Waals surface area contributed by atoms with Crippen molar-refractivity contribution in [2.45, 2.75) is 6.92 Å². The molecule has 0 radical (unpaired) electrons. The van der Waals surface area contributed by atoms with E-state index in [0.717, 1.165) is 6.54 Å². The van der Waals surface area contributed by atoms with Crippen LogP contribution in [0, 0.1) is 0 Å². The first-order chi connectivity index (χ1) is 7.69. The fraction of sp³-hybridized carbons (Fsp3) is 0.500. The summed E-state index contributed by atoms with van der Waals surface area (Å²) in [5.41, 5.74) is -0.0495. The molecule has 1 N–H and O–H groups in total. The standard InChI is InChI=1S/C10H15N3O3/c1-3-13(6-7-16-2)9-5-4-8(10(14)15)11-12-9/h4-5H,3,6-7H2,1-2H3,(H,14,15). The molecule has 6 heteroatoms. The summed E-state index contributed by atoms with van der Waals surface area (Å²) in [6.45, 7) is 4.05. The van der Waals surface area contributed by atoms with E-state index in [4.69, 9.17) is 9.84 Å². The number of hydrogen-bond donors (Lipinski definition) is 1. The quantitative estimate of drug-likeness (QED) is 0.766. The molecule has 0 amide bonds. The second kappa shape index (κ2) is 6.02. The topological polar surface area (TPSA) is 75.5 Å². The Morgan fingerprint density at radius 3 is 2.69 bits per heavy atom. The Balaban J connectivity index is 2.74. The number of carboxylic acids is 1. The molecule has 1 aromatic heterocycles. The Hall–Kier alpha value is -1.69. The van der Waals surface area contributed by atoms with Gasteiger partial charge in [-0.25, -0.2) is 4.79 Å². The number of nitrogens with zero attached hydrogens (tertiary/aromatic N) is 3. The van der Waals surface area contributed by atoms with E-state index in [0.29, 0.717) is 19.0 Å². The average Bonchev–Trinajstić information content (AvgIpc) is 2.30. The SMILES string of the molecule is CCN(CCOC)c1ccc(C(=O)O)nn1. The number of rotatable bonds is 6. The minimum Gasteiger partial charge on any atom is -0.476 e. The lowest BCUT2D eigenvalue weighted by Crippen LogP contribution is -2.28. The molecule has 0 bridgehead atoms. The monoisotopic (exact) mass is 225 g/mol. The highest BCUT2D eigenvalue weighted by molar-refractivity contribution is 5.85. The van der Waals surface area contributed by atoms with Crippen molar-refractivity contribution in [1.29, 1.82) is 0 Å². The van der Waals surface area contributed by atoms with Crippen LogP contribution in [0.2, 0.25) is 0 Å². The Morgan fingerprint density at radius 1 is 1.50 bits per heavy atom. The van der Waals surface area contributed by atoms with E-state index in [2.05, 4.69) is 10.2 Å². The summed E-state index contributed by atoms with van der Waals surface area (Å²) in [5, 5.41) is 16.2. The maximum Gasteiger partial charge on any atom is 0.356 e. The molecule has 0 saturated heterocycles. The molecule has 0 aliphatic rings. The van der Waals surface area contributed by atoms with E-state index >= 15 is 0 Å². The van der Waals surface area contributed by atoms with Gasteiger partial charge in [-0.1, -0.05) is 0 Å². The summed E-state index contributed by atoms with van der Waals surface area (Å²) in [4.78, 5) is 12.5. The van der Waals surface area contributed by atoms with Crippen LogP contribution < -0.4 is 4.90 Å². The molecule has 6 nitrogen and oxygen atoms in total. The molecule has 1 aromatic rings. The fourth-order valence-corrected chi connectivity index (χ4v) is 1.24. The van der Waals surface area contributed by atoms with E-state index < -0.39 is 5.97 Å². The van der Waals surface area contributed by atoms with Crippen LogP contribution in [0.1, 0.15) is 17.4 Å². The summed E-state index contributed by atoms with van der Waals surface area (Å²) >= 11 is 0. The number of aromatic nitrogens is 2. The summed E-state index contributed by atoms with van der Waals surface area (Å²) < 4.78 is 4.97. The first-order valence-electron chi connectivity index (χ1n) is 5.00. The maximum atomic E-state index is 10.6. The lowest BCUT2D eigenvalue weighted by atomic mass is 10.3. The Kier molecular flexibility index (Phi) is 4.65. The second-order valence-corrected chi connectivity index (χ2v) is 3.15. The van der Waals surface area contributed by atoms with Gasteiger partial charge in [0.2, 0.25) is 0 Å². The number of likely N-dealkylation sites (N-methyl/N-ethyl adjacent to an activating group) is 1. The highest BCUT2D eigenvalue weighted by atomic mass is 16.5. The number of hydrogen-bond acceptors (Lipinski definition) is 5. The third kappa shape index (κ3) is 3.16. The van der Waals surface area contributed by atoms with Gasteiger partial charge in [0.25, 0.3) is 0 Å². The maximum absolute atomic E-state index is 10.6. The van der Waals surface area contributed by atoms with Gasteiger partial charge in [0.1, 0.15) is 0 Å². The van der Waals surface area contributed by atoms with Gasteiger partial charge in [-0.2, -0.15) is 0 Å². The predicted molar refractivity (Wildman–Crippen MR) is 58.8 cm³/mol. The third-order valence-electron chi connectivity index (χ3n) is 2.14. The minimum atomic E-state index is -1.07. The van der Waals surface area contributed by atoms with Crippen LogP contribution in [0.3, 0.4) is 0 Å². The minimum absolute atomic E-state index is 0.0495. The van der Waals surface area contributed by atoms with Gasteiger partial charge in [-0.05, 0) is 19.1 Å². The van der Waals surface area contributed by atoms with Gasteiger partial charge < -0.3 is 14.7 Å². The third-order valence-corrected chi connectivity index (χ3v) is 2.14. The predicted octanol–water partition coefficient (Wildman–Crippen LogP) is 0.647. The van der Waals surface area contributed by atoms with Gasteiger partial charge >= 0.3 is 5.97 Å². The van der Waals surface area contributed by atoms with Crippen LogP contribution in [0.5, 0.6) is 0 Å². The van der Waals surface area contributed by atoms with E-state index in [1.807, 2.05) is 11.8 Å². The largest absolute Gasteiger partial charge is 0.476 e. The van der Waals surface area contributed by atoms with Crippen LogP contribution in [0.25, 0.3) is 0 Å². The van der Waals surface area contributed by atoms with Crippen LogP contribution in [0.4, 0.5) is 5.82 Å². The molecule has 0 aliphatic heterocycles.